The summed E-state index contributed by atoms with van der Waals surface area (Å²) in [6.07, 6.45) is -4.37. The molecule has 2 aromatic rings. The van der Waals surface area contributed by atoms with Gasteiger partial charge in [-0.1, -0.05) is 18.2 Å². The number of H-pyrrole nitrogens is 1. The van der Waals surface area contributed by atoms with E-state index in [2.05, 4.69) is 15.5 Å². The number of anilines is 1. The van der Waals surface area contributed by atoms with E-state index in [0.717, 1.165) is 6.07 Å². The number of halogens is 3. The van der Waals surface area contributed by atoms with Crippen LogP contribution in [0.25, 0.3) is 11.3 Å². The van der Waals surface area contributed by atoms with Crippen LogP contribution >= 0.6 is 0 Å². The molecule has 0 aliphatic carbocycles. The fourth-order valence-corrected chi connectivity index (χ4v) is 1.55. The van der Waals surface area contributed by atoms with E-state index in [4.69, 9.17) is 0 Å². The highest BCUT2D eigenvalue weighted by atomic mass is 19.4. The molecule has 0 atom stereocenters. The lowest BCUT2D eigenvalue weighted by Gasteiger charge is -2.10. The van der Waals surface area contributed by atoms with E-state index in [9.17, 15) is 13.2 Å². The maximum Gasteiger partial charge on any atom is 0.417 e. The van der Waals surface area contributed by atoms with Crippen molar-refractivity contribution in [3.8, 4) is 11.3 Å². The van der Waals surface area contributed by atoms with Gasteiger partial charge in [0.1, 0.15) is 5.82 Å². The molecule has 3 nitrogen and oxygen atoms in total. The molecular weight excluding hydrogens is 231 g/mol. The van der Waals surface area contributed by atoms with Crippen molar-refractivity contribution in [2.24, 2.45) is 0 Å². The van der Waals surface area contributed by atoms with Gasteiger partial charge >= 0.3 is 6.18 Å². The number of benzene rings is 1. The Balaban J connectivity index is 2.52. The van der Waals surface area contributed by atoms with Gasteiger partial charge in [0.05, 0.1) is 11.3 Å². The Bertz CT molecular complexity index is 517. The normalized spacial score (nSPS) is 11.5. The highest BCUT2D eigenvalue weighted by Gasteiger charge is 2.33. The third-order valence-corrected chi connectivity index (χ3v) is 2.36. The molecule has 0 amide bonds. The van der Waals surface area contributed by atoms with Crippen molar-refractivity contribution in [1.82, 2.24) is 10.2 Å². The summed E-state index contributed by atoms with van der Waals surface area (Å²) < 4.78 is 38.3. The molecule has 1 aromatic carbocycles. The molecule has 1 aromatic heterocycles. The average Bonchev–Trinajstić information content (AvgIpc) is 2.76. The van der Waals surface area contributed by atoms with Crippen LogP contribution in [0.4, 0.5) is 19.0 Å². The fraction of sp³-hybridized carbons (Fsp3) is 0.182. The SMILES string of the molecule is CNc1cc(-c2ccccc2C(F)(F)F)[nH]n1. The molecule has 2 N–H and O–H groups in total. The number of hydrogen-bond acceptors (Lipinski definition) is 2. The van der Waals surface area contributed by atoms with Gasteiger partial charge in [-0.15, -0.1) is 0 Å². The summed E-state index contributed by atoms with van der Waals surface area (Å²) in [4.78, 5) is 0. The average molecular weight is 241 g/mol. The van der Waals surface area contributed by atoms with Crippen molar-refractivity contribution in [2.45, 2.75) is 6.18 Å². The van der Waals surface area contributed by atoms with E-state index in [1.165, 1.54) is 18.2 Å². The Hall–Kier alpha value is -1.98. The third-order valence-electron chi connectivity index (χ3n) is 2.36. The second-order valence-electron chi connectivity index (χ2n) is 3.46. The monoisotopic (exact) mass is 241 g/mol. The van der Waals surface area contributed by atoms with E-state index >= 15 is 0 Å². The van der Waals surface area contributed by atoms with Gasteiger partial charge in [0, 0.05) is 18.7 Å². The van der Waals surface area contributed by atoms with Gasteiger partial charge in [0.15, 0.2) is 0 Å². The summed E-state index contributed by atoms with van der Waals surface area (Å²) >= 11 is 0. The van der Waals surface area contributed by atoms with Crippen LogP contribution in [0.1, 0.15) is 5.56 Å². The molecule has 0 aliphatic heterocycles. The molecule has 0 fully saturated rings. The van der Waals surface area contributed by atoms with Gasteiger partial charge in [-0.25, -0.2) is 0 Å². The molecular formula is C11H10F3N3. The molecule has 2 rings (SSSR count). The summed E-state index contributed by atoms with van der Waals surface area (Å²) in [5, 5.41) is 9.16. The number of nitrogens with one attached hydrogen (secondary N) is 2. The lowest BCUT2D eigenvalue weighted by Crippen LogP contribution is -2.06. The van der Waals surface area contributed by atoms with Crippen molar-refractivity contribution in [2.75, 3.05) is 12.4 Å². The first-order chi connectivity index (χ1) is 8.02. The van der Waals surface area contributed by atoms with Crippen molar-refractivity contribution in [3.05, 3.63) is 35.9 Å². The van der Waals surface area contributed by atoms with Crippen molar-refractivity contribution < 1.29 is 13.2 Å². The van der Waals surface area contributed by atoms with Crippen LogP contribution in [0.15, 0.2) is 30.3 Å². The van der Waals surface area contributed by atoms with Gasteiger partial charge in [0.2, 0.25) is 0 Å². The summed E-state index contributed by atoms with van der Waals surface area (Å²) in [5.74, 6) is 0.497. The first-order valence-corrected chi connectivity index (χ1v) is 4.92. The lowest BCUT2D eigenvalue weighted by molar-refractivity contribution is -0.137. The minimum atomic E-state index is -4.37. The van der Waals surface area contributed by atoms with Crippen molar-refractivity contribution in [1.29, 1.82) is 0 Å². The number of aromatic amines is 1. The van der Waals surface area contributed by atoms with Crippen LogP contribution in [0.3, 0.4) is 0 Å². The molecule has 0 bridgehead atoms. The second kappa shape index (κ2) is 4.12. The van der Waals surface area contributed by atoms with Gasteiger partial charge in [0.25, 0.3) is 0 Å². The number of alkyl halides is 3. The van der Waals surface area contributed by atoms with Crippen LogP contribution in [0.2, 0.25) is 0 Å². The maximum atomic E-state index is 12.8. The van der Waals surface area contributed by atoms with E-state index in [-0.39, 0.29) is 5.56 Å². The van der Waals surface area contributed by atoms with Crippen LogP contribution in [0, 0.1) is 0 Å². The van der Waals surface area contributed by atoms with Crippen molar-refractivity contribution in [3.63, 3.8) is 0 Å². The van der Waals surface area contributed by atoms with Crippen LogP contribution in [-0.2, 0) is 6.18 Å². The smallest absolute Gasteiger partial charge is 0.372 e. The largest absolute Gasteiger partial charge is 0.417 e. The summed E-state index contributed by atoms with van der Waals surface area (Å²) in [5.41, 5.74) is -0.248. The highest BCUT2D eigenvalue weighted by molar-refractivity contribution is 5.67. The van der Waals surface area contributed by atoms with Crippen LogP contribution in [-0.4, -0.2) is 17.2 Å². The zero-order chi connectivity index (χ0) is 12.5. The fourth-order valence-electron chi connectivity index (χ4n) is 1.55. The molecule has 0 spiro atoms. The van der Waals surface area contributed by atoms with Gasteiger partial charge in [-0.3, -0.25) is 5.10 Å². The Morgan fingerprint density at radius 2 is 1.94 bits per heavy atom. The Morgan fingerprint density at radius 1 is 1.24 bits per heavy atom. The van der Waals surface area contributed by atoms with Gasteiger partial charge < -0.3 is 5.32 Å². The zero-order valence-corrected chi connectivity index (χ0v) is 8.97. The van der Waals surface area contributed by atoms with E-state index in [1.54, 1.807) is 13.1 Å². The Morgan fingerprint density at radius 3 is 2.53 bits per heavy atom. The molecule has 0 saturated heterocycles. The van der Waals surface area contributed by atoms with Gasteiger partial charge in [-0.2, -0.15) is 18.3 Å². The summed E-state index contributed by atoms with van der Waals surface area (Å²) in [6, 6.07) is 6.92. The minimum Gasteiger partial charge on any atom is -0.372 e. The first-order valence-electron chi connectivity index (χ1n) is 4.92. The number of rotatable bonds is 2. The molecule has 0 aliphatic rings. The number of nitrogens with zero attached hydrogens (tertiary/aromatic N) is 1. The molecule has 0 unspecified atom stereocenters. The molecule has 0 radical (unpaired) electrons. The third kappa shape index (κ3) is 2.25. The minimum absolute atomic E-state index is 0.0917. The molecule has 17 heavy (non-hydrogen) atoms. The van der Waals surface area contributed by atoms with E-state index in [0.29, 0.717) is 11.5 Å². The van der Waals surface area contributed by atoms with E-state index < -0.39 is 11.7 Å². The zero-order valence-electron chi connectivity index (χ0n) is 8.97. The molecule has 90 valence electrons. The molecule has 6 heteroatoms. The molecule has 0 saturated carbocycles. The Labute approximate surface area is 95.7 Å². The predicted octanol–water partition coefficient (Wildman–Crippen LogP) is 3.14. The first kappa shape index (κ1) is 11.5. The summed E-state index contributed by atoms with van der Waals surface area (Å²) in [6.45, 7) is 0. The van der Waals surface area contributed by atoms with E-state index in [1.807, 2.05) is 0 Å². The van der Waals surface area contributed by atoms with Crippen molar-refractivity contribution >= 4 is 5.82 Å². The second-order valence-corrected chi connectivity index (χ2v) is 3.46. The lowest BCUT2D eigenvalue weighted by atomic mass is 10.0. The van der Waals surface area contributed by atoms with Crippen LogP contribution < -0.4 is 5.32 Å². The molecule has 1 heterocycles. The Kier molecular flexibility index (Phi) is 2.79. The predicted molar refractivity (Wildman–Crippen MR) is 58.6 cm³/mol. The van der Waals surface area contributed by atoms with Crippen LogP contribution in [0.5, 0.6) is 0 Å². The standard InChI is InChI=1S/C11H10F3N3/c1-15-10-6-9(16-17-10)7-4-2-3-5-8(7)11(12,13)14/h2-6H,1H3,(H2,15,16,17). The maximum absolute atomic E-state index is 12.8. The number of hydrogen-bond donors (Lipinski definition) is 2. The number of aromatic nitrogens is 2. The highest BCUT2D eigenvalue weighted by Crippen LogP contribution is 2.36. The topological polar surface area (TPSA) is 40.7 Å². The summed E-state index contributed by atoms with van der Waals surface area (Å²) in [7, 11) is 1.65. The van der Waals surface area contributed by atoms with Gasteiger partial charge in [-0.05, 0) is 6.07 Å². The quantitative estimate of drug-likeness (QED) is 0.848.